The van der Waals surface area contributed by atoms with Crippen molar-refractivity contribution in [2.45, 2.75) is 6.92 Å². The van der Waals surface area contributed by atoms with Gasteiger partial charge in [-0.2, -0.15) is 0 Å². The van der Waals surface area contributed by atoms with Crippen molar-refractivity contribution >= 4 is 11.4 Å². The number of ether oxygens (including phenoxy) is 2. The van der Waals surface area contributed by atoms with Crippen LogP contribution in [0.4, 0.5) is 5.69 Å². The maximum absolute atomic E-state index is 13.4. The van der Waals surface area contributed by atoms with E-state index in [9.17, 15) is 4.79 Å². The lowest BCUT2D eigenvalue weighted by molar-refractivity contribution is 0.395. The van der Waals surface area contributed by atoms with E-state index >= 15 is 0 Å². The molecule has 1 N–H and O–H groups in total. The quantitative estimate of drug-likeness (QED) is 0.468. The number of hydrogen-bond donors (Lipinski definition) is 1. The molecule has 0 saturated carbocycles. The first-order valence-corrected chi connectivity index (χ1v) is 9.86. The molecule has 4 aromatic rings. The van der Waals surface area contributed by atoms with Crippen LogP contribution >= 0.6 is 0 Å². The van der Waals surface area contributed by atoms with E-state index in [2.05, 4.69) is 5.10 Å². The summed E-state index contributed by atoms with van der Waals surface area (Å²) >= 11 is 0. The van der Waals surface area contributed by atoms with Crippen molar-refractivity contribution in [1.29, 1.82) is 0 Å². The Morgan fingerprint density at radius 1 is 0.903 bits per heavy atom. The maximum Gasteiger partial charge on any atom is 0.280 e. The topological polar surface area (TPSA) is 68.6 Å². The second-order valence-electron chi connectivity index (χ2n) is 6.95. The van der Waals surface area contributed by atoms with Gasteiger partial charge in [-0.25, -0.2) is 9.67 Å². The van der Waals surface area contributed by atoms with Gasteiger partial charge in [-0.3, -0.25) is 9.89 Å². The van der Waals surface area contributed by atoms with Gasteiger partial charge in [0.05, 0.1) is 31.2 Å². The molecule has 4 rings (SSSR count). The summed E-state index contributed by atoms with van der Waals surface area (Å²) in [6, 6.07) is 24.5. The van der Waals surface area contributed by atoms with Gasteiger partial charge in [0.15, 0.2) is 0 Å². The molecule has 0 fully saturated rings. The third kappa shape index (κ3) is 4.00. The van der Waals surface area contributed by atoms with Gasteiger partial charge in [-0.05, 0) is 31.2 Å². The standard InChI is InChI=1S/C25H23N3O3/c1-17-23(25(29)28(27-17)19-12-8-5-9-13-19)24(18-10-6-4-7-11-18)26-21-15-14-20(30-2)16-22(21)31-3/h4-16,27H,1-3H3. The van der Waals surface area contributed by atoms with E-state index in [0.29, 0.717) is 28.5 Å². The van der Waals surface area contributed by atoms with Crippen molar-refractivity contribution in [2.24, 2.45) is 4.99 Å². The molecule has 0 bridgehead atoms. The first-order valence-electron chi connectivity index (χ1n) is 9.86. The van der Waals surface area contributed by atoms with Gasteiger partial charge >= 0.3 is 0 Å². The number of H-pyrrole nitrogens is 1. The van der Waals surface area contributed by atoms with E-state index in [1.807, 2.05) is 79.7 Å². The van der Waals surface area contributed by atoms with Crippen LogP contribution in [0.2, 0.25) is 0 Å². The maximum atomic E-state index is 13.4. The van der Waals surface area contributed by atoms with Gasteiger partial charge in [0.1, 0.15) is 17.2 Å². The fourth-order valence-electron chi connectivity index (χ4n) is 3.44. The van der Waals surface area contributed by atoms with Crippen LogP contribution in [0.5, 0.6) is 11.5 Å². The molecule has 0 spiro atoms. The Bertz CT molecular complexity index is 1270. The van der Waals surface area contributed by atoms with Crippen LogP contribution in [0.3, 0.4) is 0 Å². The molecule has 0 atom stereocenters. The van der Waals surface area contributed by atoms with Gasteiger partial charge in [-0.1, -0.05) is 48.5 Å². The van der Waals surface area contributed by atoms with E-state index in [4.69, 9.17) is 14.5 Å². The lowest BCUT2D eigenvalue weighted by Gasteiger charge is -2.10. The zero-order valence-electron chi connectivity index (χ0n) is 17.6. The average Bonchev–Trinajstić information content (AvgIpc) is 3.12. The number of nitrogens with one attached hydrogen (secondary N) is 1. The van der Waals surface area contributed by atoms with Gasteiger partial charge < -0.3 is 9.47 Å². The second kappa shape index (κ2) is 8.75. The van der Waals surface area contributed by atoms with Crippen molar-refractivity contribution in [3.05, 3.63) is 106 Å². The molecule has 156 valence electrons. The van der Waals surface area contributed by atoms with Crippen LogP contribution in [-0.4, -0.2) is 29.7 Å². The normalized spacial score (nSPS) is 11.4. The summed E-state index contributed by atoms with van der Waals surface area (Å²) in [5.41, 5.74) is 3.83. The van der Waals surface area contributed by atoms with Crippen molar-refractivity contribution in [3.63, 3.8) is 0 Å². The molecule has 6 heteroatoms. The number of rotatable bonds is 6. The number of nitrogens with zero attached hydrogens (tertiary/aromatic N) is 2. The van der Waals surface area contributed by atoms with Crippen molar-refractivity contribution < 1.29 is 9.47 Å². The second-order valence-corrected chi connectivity index (χ2v) is 6.95. The fourth-order valence-corrected chi connectivity index (χ4v) is 3.44. The first-order chi connectivity index (χ1) is 15.1. The molecule has 0 aliphatic carbocycles. The summed E-state index contributed by atoms with van der Waals surface area (Å²) in [7, 11) is 3.18. The Labute approximate surface area is 180 Å². The predicted octanol–water partition coefficient (Wildman–Crippen LogP) is 4.66. The monoisotopic (exact) mass is 413 g/mol. The van der Waals surface area contributed by atoms with Gasteiger partial charge in [0.2, 0.25) is 0 Å². The molecule has 0 aliphatic rings. The van der Waals surface area contributed by atoms with E-state index in [1.54, 1.807) is 20.3 Å². The highest BCUT2D eigenvalue weighted by molar-refractivity contribution is 6.14. The average molecular weight is 413 g/mol. The Kier molecular flexibility index (Phi) is 5.71. The lowest BCUT2D eigenvalue weighted by Crippen LogP contribution is -2.21. The lowest BCUT2D eigenvalue weighted by atomic mass is 10.0. The number of hydrogen-bond acceptors (Lipinski definition) is 4. The molecule has 31 heavy (non-hydrogen) atoms. The zero-order valence-corrected chi connectivity index (χ0v) is 17.6. The van der Waals surface area contributed by atoms with Crippen LogP contribution in [0.15, 0.2) is 88.6 Å². The molecule has 6 nitrogen and oxygen atoms in total. The van der Waals surface area contributed by atoms with Gasteiger partial charge in [0.25, 0.3) is 5.56 Å². The highest BCUT2D eigenvalue weighted by Crippen LogP contribution is 2.32. The van der Waals surface area contributed by atoms with Crippen molar-refractivity contribution in [3.8, 4) is 17.2 Å². The molecule has 0 unspecified atom stereocenters. The minimum atomic E-state index is -0.168. The first kappa shape index (κ1) is 20.2. The summed E-state index contributed by atoms with van der Waals surface area (Å²) in [6.45, 7) is 1.87. The van der Waals surface area contributed by atoms with E-state index in [1.165, 1.54) is 4.68 Å². The van der Waals surface area contributed by atoms with Gasteiger partial charge in [0, 0.05) is 17.3 Å². The molecule has 1 heterocycles. The molecule has 1 aromatic heterocycles. The third-order valence-electron chi connectivity index (χ3n) is 4.99. The number of methoxy groups -OCH3 is 2. The van der Waals surface area contributed by atoms with Crippen LogP contribution in [0, 0.1) is 6.92 Å². The Morgan fingerprint density at radius 3 is 2.23 bits per heavy atom. The summed E-state index contributed by atoms with van der Waals surface area (Å²) in [4.78, 5) is 18.3. The molecule has 0 saturated heterocycles. The number of aromatic nitrogens is 2. The fraction of sp³-hybridized carbons (Fsp3) is 0.120. The molecular formula is C25H23N3O3. The molecule has 0 amide bonds. The minimum absolute atomic E-state index is 0.168. The molecular weight excluding hydrogens is 390 g/mol. The third-order valence-corrected chi connectivity index (χ3v) is 4.99. The summed E-state index contributed by atoms with van der Waals surface area (Å²) in [5, 5.41) is 3.18. The summed E-state index contributed by atoms with van der Waals surface area (Å²) < 4.78 is 12.3. The highest BCUT2D eigenvalue weighted by Gasteiger charge is 2.20. The number of aryl methyl sites for hydroxylation is 1. The van der Waals surface area contributed by atoms with Crippen LogP contribution in [0.25, 0.3) is 5.69 Å². The smallest absolute Gasteiger partial charge is 0.280 e. The largest absolute Gasteiger partial charge is 0.497 e. The number of benzene rings is 3. The van der Waals surface area contributed by atoms with Crippen LogP contribution in [-0.2, 0) is 0 Å². The Balaban J connectivity index is 1.94. The van der Waals surface area contributed by atoms with E-state index in [0.717, 1.165) is 16.9 Å². The summed E-state index contributed by atoms with van der Waals surface area (Å²) in [5.74, 6) is 1.23. The Morgan fingerprint density at radius 2 is 1.58 bits per heavy atom. The number of para-hydroxylation sites is 1. The van der Waals surface area contributed by atoms with E-state index in [-0.39, 0.29) is 5.56 Å². The predicted molar refractivity (Wildman–Crippen MR) is 122 cm³/mol. The summed E-state index contributed by atoms with van der Waals surface area (Å²) in [6.07, 6.45) is 0. The molecule has 0 aliphatic heterocycles. The van der Waals surface area contributed by atoms with E-state index < -0.39 is 0 Å². The zero-order chi connectivity index (χ0) is 21.8. The van der Waals surface area contributed by atoms with Crippen molar-refractivity contribution in [1.82, 2.24) is 9.78 Å². The minimum Gasteiger partial charge on any atom is -0.497 e. The highest BCUT2D eigenvalue weighted by atomic mass is 16.5. The molecule has 3 aromatic carbocycles. The number of aliphatic imine (C=N–C) groups is 1. The van der Waals surface area contributed by atoms with Crippen molar-refractivity contribution in [2.75, 3.05) is 14.2 Å². The van der Waals surface area contributed by atoms with Crippen LogP contribution in [0.1, 0.15) is 16.8 Å². The van der Waals surface area contributed by atoms with Gasteiger partial charge in [-0.15, -0.1) is 0 Å². The van der Waals surface area contributed by atoms with Crippen LogP contribution < -0.4 is 15.0 Å². The SMILES string of the molecule is COc1ccc(N=C(c2ccccc2)c2c(C)[nH]n(-c3ccccc3)c2=O)c(OC)c1. The Hall–Kier alpha value is -4.06. The number of aromatic amines is 1. The molecule has 0 radical (unpaired) electrons.